The number of ether oxygens (including phenoxy) is 1. The zero-order valence-electron chi connectivity index (χ0n) is 11.9. The molecule has 0 radical (unpaired) electrons. The Hall–Kier alpha value is -1.75. The van der Waals surface area contributed by atoms with Crippen LogP contribution in [0.4, 0.5) is 5.69 Å². The van der Waals surface area contributed by atoms with Crippen LogP contribution < -0.4 is 15.4 Å². The smallest absolute Gasteiger partial charge is 0.221 e. The Labute approximate surface area is 114 Å². The molecule has 0 saturated heterocycles. The molecule has 1 rings (SSSR count). The standard InChI is InChI=1S/C14H23N3O2/c1-17(2)11-10-16-14(18)8-9-15-12-6-4-5-7-13(12)19-3/h4-7,15H,8-11H2,1-3H3,(H,16,18). The van der Waals surface area contributed by atoms with Crippen LogP contribution in [-0.2, 0) is 4.79 Å². The van der Waals surface area contributed by atoms with Crippen LogP contribution in [0.1, 0.15) is 6.42 Å². The van der Waals surface area contributed by atoms with E-state index in [1.54, 1.807) is 7.11 Å². The van der Waals surface area contributed by atoms with E-state index in [1.165, 1.54) is 0 Å². The summed E-state index contributed by atoms with van der Waals surface area (Å²) in [5.74, 6) is 0.847. The lowest BCUT2D eigenvalue weighted by atomic mass is 10.3. The van der Waals surface area contributed by atoms with Crippen LogP contribution in [0, 0.1) is 0 Å². The Balaban J connectivity index is 2.24. The molecule has 0 unspecified atom stereocenters. The molecule has 0 aliphatic rings. The van der Waals surface area contributed by atoms with Gasteiger partial charge in [-0.15, -0.1) is 0 Å². The van der Waals surface area contributed by atoms with Crippen molar-refractivity contribution in [3.63, 3.8) is 0 Å². The molecule has 0 aliphatic carbocycles. The van der Waals surface area contributed by atoms with Crippen molar-refractivity contribution >= 4 is 11.6 Å². The first-order valence-corrected chi connectivity index (χ1v) is 6.42. The molecule has 0 aromatic heterocycles. The molecule has 0 atom stereocenters. The van der Waals surface area contributed by atoms with E-state index < -0.39 is 0 Å². The molecule has 1 aromatic carbocycles. The fraction of sp³-hybridized carbons (Fsp3) is 0.500. The van der Waals surface area contributed by atoms with Gasteiger partial charge in [-0.3, -0.25) is 4.79 Å². The SMILES string of the molecule is COc1ccccc1NCCC(=O)NCCN(C)C. The third-order valence-corrected chi connectivity index (χ3v) is 2.66. The Kier molecular flexibility index (Phi) is 6.74. The monoisotopic (exact) mass is 265 g/mol. The van der Waals surface area contributed by atoms with E-state index >= 15 is 0 Å². The molecule has 0 bridgehead atoms. The number of carbonyl (C=O) groups excluding carboxylic acids is 1. The van der Waals surface area contributed by atoms with Gasteiger partial charge >= 0.3 is 0 Å². The second-order valence-corrected chi connectivity index (χ2v) is 4.53. The van der Waals surface area contributed by atoms with Gasteiger partial charge < -0.3 is 20.3 Å². The zero-order valence-corrected chi connectivity index (χ0v) is 11.9. The second kappa shape index (κ2) is 8.37. The van der Waals surface area contributed by atoms with Gasteiger partial charge in [0.2, 0.25) is 5.91 Å². The minimum Gasteiger partial charge on any atom is -0.495 e. The lowest BCUT2D eigenvalue weighted by Gasteiger charge is -2.12. The van der Waals surface area contributed by atoms with E-state index in [1.807, 2.05) is 43.3 Å². The van der Waals surface area contributed by atoms with Gasteiger partial charge in [-0.05, 0) is 26.2 Å². The summed E-state index contributed by atoms with van der Waals surface area (Å²) in [5.41, 5.74) is 0.908. The number of amides is 1. The van der Waals surface area contributed by atoms with E-state index in [0.29, 0.717) is 19.5 Å². The highest BCUT2D eigenvalue weighted by Crippen LogP contribution is 2.22. The topological polar surface area (TPSA) is 53.6 Å². The predicted octanol–water partition coefficient (Wildman–Crippen LogP) is 1.17. The van der Waals surface area contributed by atoms with Gasteiger partial charge in [0.05, 0.1) is 12.8 Å². The van der Waals surface area contributed by atoms with E-state index in [4.69, 9.17) is 4.74 Å². The summed E-state index contributed by atoms with van der Waals surface area (Å²) in [6.07, 6.45) is 0.450. The van der Waals surface area contributed by atoms with E-state index in [2.05, 4.69) is 10.6 Å². The van der Waals surface area contributed by atoms with Crippen LogP contribution in [0.3, 0.4) is 0 Å². The highest BCUT2D eigenvalue weighted by molar-refractivity contribution is 5.76. The number of benzene rings is 1. The van der Waals surface area contributed by atoms with Crippen LogP contribution in [0.5, 0.6) is 5.75 Å². The lowest BCUT2D eigenvalue weighted by Crippen LogP contribution is -2.32. The maximum atomic E-state index is 11.6. The summed E-state index contributed by atoms with van der Waals surface area (Å²) < 4.78 is 5.23. The van der Waals surface area contributed by atoms with Crippen molar-refractivity contribution in [2.24, 2.45) is 0 Å². The number of para-hydroxylation sites is 2. The summed E-state index contributed by atoms with van der Waals surface area (Å²) in [7, 11) is 5.60. The number of rotatable bonds is 8. The van der Waals surface area contributed by atoms with Crippen molar-refractivity contribution in [1.29, 1.82) is 0 Å². The minimum absolute atomic E-state index is 0.0595. The van der Waals surface area contributed by atoms with Crippen molar-refractivity contribution < 1.29 is 9.53 Å². The number of hydrogen-bond donors (Lipinski definition) is 2. The molecule has 0 spiro atoms. The van der Waals surface area contributed by atoms with Crippen LogP contribution >= 0.6 is 0 Å². The zero-order chi connectivity index (χ0) is 14.1. The number of anilines is 1. The molecule has 0 aliphatic heterocycles. The summed E-state index contributed by atoms with van der Waals surface area (Å²) >= 11 is 0. The molecule has 2 N–H and O–H groups in total. The molecule has 1 aromatic rings. The predicted molar refractivity (Wildman–Crippen MR) is 77.7 cm³/mol. The third-order valence-electron chi connectivity index (χ3n) is 2.66. The molecule has 0 saturated carbocycles. The van der Waals surface area contributed by atoms with Gasteiger partial charge in [-0.25, -0.2) is 0 Å². The first-order valence-electron chi connectivity index (χ1n) is 6.42. The molecule has 106 valence electrons. The van der Waals surface area contributed by atoms with Crippen LogP contribution in [0.25, 0.3) is 0 Å². The maximum Gasteiger partial charge on any atom is 0.221 e. The first kappa shape index (κ1) is 15.3. The van der Waals surface area contributed by atoms with Crippen LogP contribution in [0.2, 0.25) is 0 Å². The fourth-order valence-corrected chi connectivity index (χ4v) is 1.61. The number of nitrogens with zero attached hydrogens (tertiary/aromatic N) is 1. The normalized spacial score (nSPS) is 10.3. The Morgan fingerprint density at radius 2 is 2.00 bits per heavy atom. The third kappa shape index (κ3) is 6.10. The van der Waals surface area contributed by atoms with Crippen molar-refractivity contribution in [3.8, 4) is 5.75 Å². The first-order chi connectivity index (χ1) is 9.13. The molecule has 5 nitrogen and oxygen atoms in total. The summed E-state index contributed by atoms with van der Waals surface area (Å²) in [4.78, 5) is 13.6. The fourth-order valence-electron chi connectivity index (χ4n) is 1.61. The van der Waals surface area contributed by atoms with E-state index in [9.17, 15) is 4.79 Å². The number of hydrogen-bond acceptors (Lipinski definition) is 4. The largest absolute Gasteiger partial charge is 0.495 e. The molecular formula is C14H23N3O2. The highest BCUT2D eigenvalue weighted by atomic mass is 16.5. The average Bonchev–Trinajstić information content (AvgIpc) is 2.39. The van der Waals surface area contributed by atoms with Gasteiger partial charge in [0.25, 0.3) is 0 Å². The molecular weight excluding hydrogens is 242 g/mol. The molecule has 1 amide bonds. The van der Waals surface area contributed by atoms with Crippen molar-refractivity contribution in [1.82, 2.24) is 10.2 Å². The number of methoxy groups -OCH3 is 1. The van der Waals surface area contributed by atoms with Crippen LogP contribution in [0.15, 0.2) is 24.3 Å². The lowest BCUT2D eigenvalue weighted by molar-refractivity contribution is -0.120. The Morgan fingerprint density at radius 1 is 1.26 bits per heavy atom. The molecule has 0 fully saturated rings. The molecule has 5 heteroatoms. The average molecular weight is 265 g/mol. The van der Waals surface area contributed by atoms with Crippen LogP contribution in [-0.4, -0.2) is 51.6 Å². The Morgan fingerprint density at radius 3 is 2.68 bits per heavy atom. The summed E-state index contributed by atoms with van der Waals surface area (Å²) in [5, 5.41) is 6.08. The number of nitrogens with one attached hydrogen (secondary N) is 2. The second-order valence-electron chi connectivity index (χ2n) is 4.53. The summed E-state index contributed by atoms with van der Waals surface area (Å²) in [6.45, 7) is 2.13. The number of carbonyl (C=O) groups is 1. The molecule has 19 heavy (non-hydrogen) atoms. The van der Waals surface area contributed by atoms with Gasteiger partial charge in [0.15, 0.2) is 0 Å². The van der Waals surface area contributed by atoms with Gasteiger partial charge in [-0.1, -0.05) is 12.1 Å². The van der Waals surface area contributed by atoms with E-state index in [-0.39, 0.29) is 5.91 Å². The maximum absolute atomic E-state index is 11.6. The van der Waals surface area contributed by atoms with Crippen molar-refractivity contribution in [3.05, 3.63) is 24.3 Å². The van der Waals surface area contributed by atoms with Crippen molar-refractivity contribution in [2.45, 2.75) is 6.42 Å². The van der Waals surface area contributed by atoms with Gasteiger partial charge in [0, 0.05) is 26.1 Å². The summed E-state index contributed by atoms with van der Waals surface area (Å²) in [6, 6.07) is 7.67. The number of likely N-dealkylation sites (N-methyl/N-ethyl adjacent to an activating group) is 1. The minimum atomic E-state index is 0.0595. The van der Waals surface area contributed by atoms with Gasteiger partial charge in [0.1, 0.15) is 5.75 Å². The van der Waals surface area contributed by atoms with Gasteiger partial charge in [-0.2, -0.15) is 0 Å². The molecule has 0 heterocycles. The van der Waals surface area contributed by atoms with Crippen molar-refractivity contribution in [2.75, 3.05) is 46.2 Å². The highest BCUT2D eigenvalue weighted by Gasteiger charge is 2.03. The Bertz CT molecular complexity index is 394. The van der Waals surface area contributed by atoms with E-state index in [0.717, 1.165) is 18.0 Å². The quantitative estimate of drug-likeness (QED) is 0.741.